The third kappa shape index (κ3) is 4.91. The standard InChI is InChI=1S/C25H22F3NO4S/c1-17-7-13-22(14-8-17)34(31,32)29-21(15-23(30)18-5-3-2-4-6-18)16-33-24(29)19-9-11-20(12-10-19)25(26,27)28/h2-14,21,24H,15-16H2,1H3/t21-,24-/m1/s1. The third-order valence-electron chi connectivity index (χ3n) is 5.67. The molecule has 1 heterocycles. The van der Waals surface area contributed by atoms with Gasteiger partial charge in [-0.1, -0.05) is 60.2 Å². The van der Waals surface area contributed by atoms with E-state index in [0.29, 0.717) is 5.56 Å². The fourth-order valence-corrected chi connectivity index (χ4v) is 5.57. The highest BCUT2D eigenvalue weighted by Crippen LogP contribution is 2.39. The molecule has 0 bridgehead atoms. The molecule has 0 radical (unpaired) electrons. The number of aryl methyl sites for hydroxylation is 1. The van der Waals surface area contributed by atoms with Crippen molar-refractivity contribution in [1.82, 2.24) is 4.31 Å². The largest absolute Gasteiger partial charge is 0.416 e. The van der Waals surface area contributed by atoms with E-state index in [1.807, 2.05) is 6.92 Å². The summed E-state index contributed by atoms with van der Waals surface area (Å²) in [5.74, 6) is -0.258. The Morgan fingerprint density at radius 3 is 2.18 bits per heavy atom. The fraction of sp³-hybridized carbons (Fsp3) is 0.240. The van der Waals surface area contributed by atoms with Crippen molar-refractivity contribution < 1.29 is 31.1 Å². The molecule has 0 N–H and O–H groups in total. The SMILES string of the molecule is Cc1ccc(S(=O)(=O)N2[C@H](CC(=O)c3ccccc3)CO[C@@H]2c2ccc(C(F)(F)F)cc2)cc1. The van der Waals surface area contributed by atoms with Gasteiger partial charge in [0.05, 0.1) is 23.1 Å². The first-order chi connectivity index (χ1) is 16.1. The van der Waals surface area contributed by atoms with E-state index < -0.39 is 34.0 Å². The van der Waals surface area contributed by atoms with Crippen LogP contribution in [-0.4, -0.2) is 31.2 Å². The zero-order valence-electron chi connectivity index (χ0n) is 18.2. The summed E-state index contributed by atoms with van der Waals surface area (Å²) in [5.41, 5.74) is 0.705. The molecule has 0 aliphatic carbocycles. The van der Waals surface area contributed by atoms with Crippen LogP contribution in [0.4, 0.5) is 13.2 Å². The van der Waals surface area contributed by atoms with Crippen LogP contribution < -0.4 is 0 Å². The number of ether oxygens (including phenoxy) is 1. The summed E-state index contributed by atoms with van der Waals surface area (Å²) < 4.78 is 73.2. The van der Waals surface area contributed by atoms with Gasteiger partial charge in [-0.05, 0) is 36.8 Å². The molecule has 1 aliphatic rings. The van der Waals surface area contributed by atoms with Crippen LogP contribution in [0.25, 0.3) is 0 Å². The Morgan fingerprint density at radius 2 is 1.59 bits per heavy atom. The molecule has 0 unspecified atom stereocenters. The van der Waals surface area contributed by atoms with Crippen LogP contribution in [0, 0.1) is 6.92 Å². The second-order valence-electron chi connectivity index (χ2n) is 8.10. The summed E-state index contributed by atoms with van der Waals surface area (Å²) in [7, 11) is -4.13. The number of alkyl halides is 3. The number of sulfonamides is 1. The van der Waals surface area contributed by atoms with Gasteiger partial charge in [-0.3, -0.25) is 4.79 Å². The van der Waals surface area contributed by atoms with E-state index in [1.54, 1.807) is 42.5 Å². The monoisotopic (exact) mass is 489 g/mol. The average Bonchev–Trinajstić information content (AvgIpc) is 3.24. The van der Waals surface area contributed by atoms with Crippen LogP contribution in [0.2, 0.25) is 0 Å². The molecule has 9 heteroatoms. The highest BCUT2D eigenvalue weighted by atomic mass is 32.2. The number of rotatable bonds is 6. The maximum absolute atomic E-state index is 13.6. The number of carbonyl (C=O) groups excluding carboxylic acids is 1. The zero-order valence-corrected chi connectivity index (χ0v) is 19.0. The highest BCUT2D eigenvalue weighted by Gasteiger charge is 2.45. The quantitative estimate of drug-likeness (QED) is 0.437. The van der Waals surface area contributed by atoms with Gasteiger partial charge in [0.25, 0.3) is 0 Å². The molecule has 0 saturated carbocycles. The van der Waals surface area contributed by atoms with Crippen molar-refractivity contribution in [2.75, 3.05) is 6.61 Å². The van der Waals surface area contributed by atoms with E-state index in [4.69, 9.17) is 4.74 Å². The minimum atomic E-state index is -4.52. The van der Waals surface area contributed by atoms with Crippen molar-refractivity contribution in [2.24, 2.45) is 0 Å². The lowest BCUT2D eigenvalue weighted by Crippen LogP contribution is -2.39. The van der Waals surface area contributed by atoms with Crippen LogP contribution in [0.15, 0.2) is 83.8 Å². The summed E-state index contributed by atoms with van der Waals surface area (Å²) in [5, 5.41) is 0. The lowest BCUT2D eigenvalue weighted by molar-refractivity contribution is -0.137. The minimum absolute atomic E-state index is 0.0117. The molecule has 1 saturated heterocycles. The number of nitrogens with zero attached hydrogens (tertiary/aromatic N) is 1. The number of benzene rings is 3. The Kier molecular flexibility index (Phi) is 6.62. The maximum atomic E-state index is 13.6. The summed E-state index contributed by atoms with van der Waals surface area (Å²) in [6.45, 7) is 1.75. The highest BCUT2D eigenvalue weighted by molar-refractivity contribution is 7.89. The maximum Gasteiger partial charge on any atom is 0.416 e. The number of halogens is 3. The van der Waals surface area contributed by atoms with E-state index in [2.05, 4.69) is 0 Å². The molecule has 34 heavy (non-hydrogen) atoms. The van der Waals surface area contributed by atoms with Gasteiger partial charge in [0, 0.05) is 12.0 Å². The van der Waals surface area contributed by atoms with Gasteiger partial charge in [-0.15, -0.1) is 0 Å². The second kappa shape index (κ2) is 9.32. The lowest BCUT2D eigenvalue weighted by Gasteiger charge is -2.27. The van der Waals surface area contributed by atoms with E-state index in [9.17, 15) is 26.4 Å². The Bertz CT molecular complexity index is 1260. The van der Waals surface area contributed by atoms with E-state index >= 15 is 0 Å². The molecule has 1 aliphatic heterocycles. The van der Waals surface area contributed by atoms with Gasteiger partial charge >= 0.3 is 6.18 Å². The topological polar surface area (TPSA) is 63.7 Å². The molecular weight excluding hydrogens is 467 g/mol. The van der Waals surface area contributed by atoms with Crippen molar-refractivity contribution in [2.45, 2.75) is 36.7 Å². The molecule has 178 valence electrons. The molecular formula is C25H22F3NO4S. The first-order valence-electron chi connectivity index (χ1n) is 10.5. The van der Waals surface area contributed by atoms with Crippen LogP contribution in [0.1, 0.15) is 39.7 Å². The van der Waals surface area contributed by atoms with E-state index in [1.165, 1.54) is 24.3 Å². The fourth-order valence-electron chi connectivity index (χ4n) is 3.88. The second-order valence-corrected chi connectivity index (χ2v) is 9.94. The summed E-state index contributed by atoms with van der Waals surface area (Å²) in [4.78, 5) is 12.9. The van der Waals surface area contributed by atoms with Crippen LogP contribution in [0.3, 0.4) is 0 Å². The van der Waals surface area contributed by atoms with E-state index in [0.717, 1.165) is 22.0 Å². The Morgan fingerprint density at radius 1 is 0.971 bits per heavy atom. The Hall–Kier alpha value is -3.01. The first-order valence-corrected chi connectivity index (χ1v) is 12.0. The van der Waals surface area contributed by atoms with Crippen molar-refractivity contribution in [3.8, 4) is 0 Å². The predicted molar refractivity (Wildman–Crippen MR) is 120 cm³/mol. The number of ketones is 1. The average molecular weight is 490 g/mol. The molecule has 3 aromatic rings. The number of hydrogen-bond acceptors (Lipinski definition) is 4. The van der Waals surface area contributed by atoms with Crippen molar-refractivity contribution in [3.63, 3.8) is 0 Å². The molecule has 0 amide bonds. The molecule has 0 aromatic heterocycles. The molecule has 4 rings (SSSR count). The van der Waals surface area contributed by atoms with Crippen LogP contribution in [0.5, 0.6) is 0 Å². The normalized spacial score (nSPS) is 19.3. The molecule has 2 atom stereocenters. The first kappa shape index (κ1) is 24.1. The number of carbonyl (C=O) groups is 1. The van der Waals surface area contributed by atoms with Crippen molar-refractivity contribution in [3.05, 3.63) is 101 Å². The van der Waals surface area contributed by atoms with Crippen molar-refractivity contribution in [1.29, 1.82) is 0 Å². The number of Topliss-reactive ketones (excluding diaryl/α,β-unsaturated/α-hetero) is 1. The Balaban J connectivity index is 1.71. The van der Waals surface area contributed by atoms with Crippen LogP contribution in [-0.2, 0) is 20.9 Å². The van der Waals surface area contributed by atoms with Gasteiger partial charge in [0.15, 0.2) is 12.0 Å². The summed E-state index contributed by atoms with van der Waals surface area (Å²) in [6, 6.07) is 18.1. The summed E-state index contributed by atoms with van der Waals surface area (Å²) >= 11 is 0. The summed E-state index contributed by atoms with van der Waals surface area (Å²) in [6.07, 6.45) is -5.82. The smallest absolute Gasteiger partial charge is 0.356 e. The minimum Gasteiger partial charge on any atom is -0.356 e. The Labute approximate surface area is 195 Å². The predicted octanol–water partition coefficient (Wildman–Crippen LogP) is 5.38. The third-order valence-corrected chi connectivity index (χ3v) is 7.59. The van der Waals surface area contributed by atoms with Crippen molar-refractivity contribution >= 4 is 15.8 Å². The molecule has 3 aromatic carbocycles. The molecule has 1 fully saturated rings. The van der Waals surface area contributed by atoms with Gasteiger partial charge in [-0.2, -0.15) is 17.5 Å². The molecule has 0 spiro atoms. The molecule has 5 nitrogen and oxygen atoms in total. The van der Waals surface area contributed by atoms with Gasteiger partial charge < -0.3 is 4.74 Å². The van der Waals surface area contributed by atoms with Gasteiger partial charge in [0.1, 0.15) is 0 Å². The van der Waals surface area contributed by atoms with Gasteiger partial charge in [0.2, 0.25) is 10.0 Å². The van der Waals surface area contributed by atoms with E-state index in [-0.39, 0.29) is 29.3 Å². The van der Waals surface area contributed by atoms with Crippen LogP contribution >= 0.6 is 0 Å². The number of hydrogen-bond donors (Lipinski definition) is 0. The zero-order chi connectivity index (χ0) is 24.5. The van der Waals surface area contributed by atoms with Gasteiger partial charge in [-0.25, -0.2) is 8.42 Å². The lowest BCUT2D eigenvalue weighted by atomic mass is 10.0.